The second-order valence-corrected chi connectivity index (χ2v) is 5.59. The molecule has 2 aromatic rings. The Bertz CT molecular complexity index is 617. The number of benzene rings is 1. The molecule has 0 radical (unpaired) electrons. The minimum Gasteiger partial charge on any atom is -0.493 e. The Morgan fingerprint density at radius 3 is 2.67 bits per heavy atom. The number of hydrogen-bond donors (Lipinski definition) is 1. The number of thioether (sulfide) groups is 1. The summed E-state index contributed by atoms with van der Waals surface area (Å²) in [6.07, 6.45) is 1.64. The quantitative estimate of drug-likeness (QED) is 0.522. The van der Waals surface area contributed by atoms with E-state index in [0.717, 1.165) is 22.1 Å². The Labute approximate surface area is 133 Å². The molecule has 0 unspecified atom stereocenters. The molecule has 0 amide bonds. The number of aromatic nitrogens is 1. The number of ether oxygens (including phenoxy) is 1. The topological polar surface area (TPSA) is 48.1 Å². The molecule has 0 aliphatic carbocycles. The first kappa shape index (κ1) is 15.7. The Hall–Kier alpha value is -1.67. The Morgan fingerprint density at radius 2 is 2.00 bits per heavy atom. The third-order valence-corrected chi connectivity index (χ3v) is 3.62. The van der Waals surface area contributed by atoms with E-state index in [-0.39, 0.29) is 0 Å². The smallest absolute Gasteiger partial charge is 0.119 e. The van der Waals surface area contributed by atoms with Crippen molar-refractivity contribution in [3.8, 4) is 17.6 Å². The molecule has 0 spiro atoms. The van der Waals surface area contributed by atoms with Gasteiger partial charge in [0, 0.05) is 17.5 Å². The molecular weight excluding hydrogens is 304 g/mol. The molecule has 0 fully saturated rings. The molecule has 21 heavy (non-hydrogen) atoms. The minimum absolute atomic E-state index is 0.369. The van der Waals surface area contributed by atoms with Crippen LogP contribution in [0.1, 0.15) is 5.56 Å². The van der Waals surface area contributed by atoms with Crippen LogP contribution >= 0.6 is 23.4 Å². The minimum atomic E-state index is 0.369. The van der Waals surface area contributed by atoms with Crippen molar-refractivity contribution in [3.05, 3.63) is 53.2 Å². The standard InChI is InChI=1S/C16H15ClN2OS/c17-14-5-8-16(19-12-14)21-11-10-20-15-6-3-13(4-7-15)2-1-9-18/h3-8,12H,9-11,18H2. The van der Waals surface area contributed by atoms with Gasteiger partial charge in [0.25, 0.3) is 0 Å². The first-order valence-corrected chi connectivity index (χ1v) is 7.80. The number of rotatable bonds is 5. The van der Waals surface area contributed by atoms with Gasteiger partial charge in [0.1, 0.15) is 5.75 Å². The average molecular weight is 319 g/mol. The molecule has 5 heteroatoms. The highest BCUT2D eigenvalue weighted by atomic mass is 35.5. The van der Waals surface area contributed by atoms with Crippen LogP contribution < -0.4 is 10.5 Å². The summed E-state index contributed by atoms with van der Waals surface area (Å²) in [7, 11) is 0. The third kappa shape index (κ3) is 5.68. The summed E-state index contributed by atoms with van der Waals surface area (Å²) in [6.45, 7) is 0.983. The SMILES string of the molecule is NCC#Cc1ccc(OCCSc2ccc(Cl)cn2)cc1. The van der Waals surface area contributed by atoms with Gasteiger partial charge in [-0.15, -0.1) is 11.8 Å². The second-order valence-electron chi connectivity index (χ2n) is 4.04. The Kier molecular flexibility index (Phi) is 6.42. The summed E-state index contributed by atoms with van der Waals surface area (Å²) in [5, 5.41) is 1.59. The highest BCUT2D eigenvalue weighted by molar-refractivity contribution is 7.99. The lowest BCUT2D eigenvalue weighted by molar-refractivity contribution is 0.344. The molecule has 3 nitrogen and oxygen atoms in total. The van der Waals surface area contributed by atoms with Crippen molar-refractivity contribution in [3.63, 3.8) is 0 Å². The fraction of sp³-hybridized carbons (Fsp3) is 0.188. The average Bonchev–Trinajstić information content (AvgIpc) is 2.52. The number of pyridine rings is 1. The van der Waals surface area contributed by atoms with E-state index in [1.165, 1.54) is 0 Å². The predicted molar refractivity (Wildman–Crippen MR) is 87.8 cm³/mol. The number of nitrogens with two attached hydrogens (primary N) is 1. The van der Waals surface area contributed by atoms with E-state index < -0.39 is 0 Å². The molecule has 0 aliphatic rings. The highest BCUT2D eigenvalue weighted by Crippen LogP contribution is 2.18. The van der Waals surface area contributed by atoms with Crippen molar-refractivity contribution in [1.82, 2.24) is 4.98 Å². The van der Waals surface area contributed by atoms with Gasteiger partial charge in [-0.05, 0) is 36.4 Å². The lowest BCUT2D eigenvalue weighted by Crippen LogP contribution is -2.00. The molecule has 1 aromatic carbocycles. The van der Waals surface area contributed by atoms with Crippen LogP contribution in [-0.2, 0) is 0 Å². The first-order valence-electron chi connectivity index (χ1n) is 6.44. The van der Waals surface area contributed by atoms with Crippen molar-refractivity contribution in [1.29, 1.82) is 0 Å². The summed E-state index contributed by atoms with van der Waals surface area (Å²) in [5.74, 6) is 7.44. The number of halogens is 1. The molecule has 0 aliphatic heterocycles. The predicted octanol–water partition coefficient (Wildman–Crippen LogP) is 3.22. The van der Waals surface area contributed by atoms with Crippen LogP contribution in [0.5, 0.6) is 5.75 Å². The third-order valence-electron chi connectivity index (χ3n) is 2.49. The lowest BCUT2D eigenvalue weighted by Gasteiger charge is -2.05. The van der Waals surface area contributed by atoms with Crippen LogP contribution in [0.25, 0.3) is 0 Å². The summed E-state index contributed by atoms with van der Waals surface area (Å²) < 4.78 is 5.66. The summed E-state index contributed by atoms with van der Waals surface area (Å²) >= 11 is 7.42. The van der Waals surface area contributed by atoms with Crippen molar-refractivity contribution >= 4 is 23.4 Å². The van der Waals surface area contributed by atoms with Gasteiger partial charge in [0.15, 0.2) is 0 Å². The van der Waals surface area contributed by atoms with Gasteiger partial charge in [-0.3, -0.25) is 0 Å². The summed E-state index contributed by atoms with van der Waals surface area (Å²) in [4.78, 5) is 4.21. The molecule has 1 aromatic heterocycles. The van der Waals surface area contributed by atoms with E-state index in [1.54, 1.807) is 18.0 Å². The van der Waals surface area contributed by atoms with Crippen molar-refractivity contribution in [2.45, 2.75) is 5.03 Å². The van der Waals surface area contributed by atoms with Crippen molar-refractivity contribution in [2.75, 3.05) is 18.9 Å². The van der Waals surface area contributed by atoms with Crippen molar-refractivity contribution < 1.29 is 4.74 Å². The Morgan fingerprint density at radius 1 is 1.19 bits per heavy atom. The highest BCUT2D eigenvalue weighted by Gasteiger charge is 1.98. The van der Waals surface area contributed by atoms with E-state index in [9.17, 15) is 0 Å². The maximum absolute atomic E-state index is 5.78. The maximum Gasteiger partial charge on any atom is 0.119 e. The van der Waals surface area contributed by atoms with Crippen molar-refractivity contribution in [2.24, 2.45) is 5.73 Å². The van der Waals surface area contributed by atoms with Crippen LogP contribution in [0.4, 0.5) is 0 Å². The normalized spacial score (nSPS) is 9.81. The maximum atomic E-state index is 5.78. The van der Waals surface area contributed by atoms with Gasteiger partial charge in [-0.25, -0.2) is 4.98 Å². The number of hydrogen-bond acceptors (Lipinski definition) is 4. The largest absolute Gasteiger partial charge is 0.493 e. The molecule has 0 saturated carbocycles. The van der Waals surface area contributed by atoms with Crippen LogP contribution in [0.15, 0.2) is 47.6 Å². The van der Waals surface area contributed by atoms with E-state index in [4.69, 9.17) is 22.1 Å². The van der Waals surface area contributed by atoms with E-state index in [2.05, 4.69) is 16.8 Å². The molecule has 2 N–H and O–H groups in total. The van der Waals surface area contributed by atoms with Crippen LogP contribution in [0, 0.1) is 11.8 Å². The zero-order valence-corrected chi connectivity index (χ0v) is 13.0. The molecule has 2 rings (SSSR count). The van der Waals surface area contributed by atoms with Gasteiger partial charge in [-0.2, -0.15) is 0 Å². The van der Waals surface area contributed by atoms with Gasteiger partial charge in [0.05, 0.1) is 23.2 Å². The molecule has 1 heterocycles. The number of nitrogens with zero attached hydrogens (tertiary/aromatic N) is 1. The van der Waals surface area contributed by atoms with Gasteiger partial charge in [-0.1, -0.05) is 23.4 Å². The van der Waals surface area contributed by atoms with Gasteiger partial charge in [0.2, 0.25) is 0 Å². The second kappa shape index (κ2) is 8.58. The Balaban J connectivity index is 1.74. The van der Waals surface area contributed by atoms with E-state index >= 15 is 0 Å². The van der Waals surface area contributed by atoms with E-state index in [1.807, 2.05) is 36.4 Å². The zero-order valence-electron chi connectivity index (χ0n) is 11.4. The monoisotopic (exact) mass is 318 g/mol. The zero-order chi connectivity index (χ0) is 14.9. The van der Waals surface area contributed by atoms with Crippen LogP contribution in [0.2, 0.25) is 5.02 Å². The van der Waals surface area contributed by atoms with Gasteiger partial charge >= 0.3 is 0 Å². The fourth-order valence-electron chi connectivity index (χ4n) is 1.54. The molecule has 0 saturated heterocycles. The summed E-state index contributed by atoms with van der Waals surface area (Å²) in [5.41, 5.74) is 6.27. The molecular formula is C16H15ClN2OS. The fourth-order valence-corrected chi connectivity index (χ4v) is 2.32. The molecule has 0 atom stereocenters. The lowest BCUT2D eigenvalue weighted by atomic mass is 10.2. The first-order chi connectivity index (χ1) is 10.3. The molecule has 108 valence electrons. The molecule has 0 bridgehead atoms. The van der Waals surface area contributed by atoms with Crippen LogP contribution in [0.3, 0.4) is 0 Å². The summed E-state index contributed by atoms with van der Waals surface area (Å²) in [6, 6.07) is 11.4. The van der Waals surface area contributed by atoms with Gasteiger partial charge < -0.3 is 10.5 Å². The van der Waals surface area contributed by atoms with E-state index in [0.29, 0.717) is 18.2 Å². The van der Waals surface area contributed by atoms with Crippen LogP contribution in [-0.4, -0.2) is 23.9 Å².